The Balaban J connectivity index is 2.45. The van der Waals surface area contributed by atoms with Crippen LogP contribution in [0.1, 0.15) is 18.1 Å². The Labute approximate surface area is 193 Å². The molecule has 0 heterocycles. The molecule has 0 fully saturated rings. The smallest absolute Gasteiger partial charge is 0.244 e. The second-order valence-corrected chi connectivity index (χ2v) is 9.78. The molecule has 1 N–H and O–H groups in total. The zero-order valence-corrected chi connectivity index (χ0v) is 20.1. The lowest BCUT2D eigenvalue weighted by atomic mass is 10.1. The minimum atomic E-state index is -3.82. The SMILES string of the molecule is CNC(=O)[C@@H](C)N(Cc1ccccc1Cl)C(=O)CN(c1cccc(Cl)c1C)S(C)(=O)=O. The van der Waals surface area contributed by atoms with E-state index in [0.29, 0.717) is 26.9 Å². The van der Waals surface area contributed by atoms with Gasteiger partial charge in [0.1, 0.15) is 12.6 Å². The lowest BCUT2D eigenvalue weighted by molar-refractivity contribution is -0.139. The van der Waals surface area contributed by atoms with Crippen LogP contribution in [-0.4, -0.2) is 51.0 Å². The Hall–Kier alpha value is -2.29. The lowest BCUT2D eigenvalue weighted by Crippen LogP contribution is -2.50. The highest BCUT2D eigenvalue weighted by molar-refractivity contribution is 7.92. The van der Waals surface area contributed by atoms with E-state index in [1.165, 1.54) is 11.9 Å². The maximum Gasteiger partial charge on any atom is 0.244 e. The summed E-state index contributed by atoms with van der Waals surface area (Å²) in [6.07, 6.45) is 1.02. The molecule has 168 valence electrons. The van der Waals surface area contributed by atoms with Crippen molar-refractivity contribution < 1.29 is 18.0 Å². The van der Waals surface area contributed by atoms with Crippen LogP contribution in [0.3, 0.4) is 0 Å². The van der Waals surface area contributed by atoms with Gasteiger partial charge in [-0.3, -0.25) is 13.9 Å². The van der Waals surface area contributed by atoms with Crippen LogP contribution < -0.4 is 9.62 Å². The van der Waals surface area contributed by atoms with Gasteiger partial charge in [0, 0.05) is 23.6 Å². The molecule has 0 aliphatic carbocycles. The molecular weight excluding hydrogens is 461 g/mol. The first kappa shape index (κ1) is 25.0. The first-order chi connectivity index (χ1) is 14.5. The van der Waals surface area contributed by atoms with E-state index in [1.807, 2.05) is 0 Å². The van der Waals surface area contributed by atoms with Crippen LogP contribution in [-0.2, 0) is 26.2 Å². The van der Waals surface area contributed by atoms with Crippen molar-refractivity contribution in [3.8, 4) is 0 Å². The molecule has 2 aromatic carbocycles. The summed E-state index contributed by atoms with van der Waals surface area (Å²) in [5, 5.41) is 3.34. The highest BCUT2D eigenvalue weighted by atomic mass is 35.5. The lowest BCUT2D eigenvalue weighted by Gasteiger charge is -2.32. The number of carbonyl (C=O) groups is 2. The van der Waals surface area contributed by atoms with Crippen LogP contribution in [0.2, 0.25) is 10.0 Å². The van der Waals surface area contributed by atoms with Gasteiger partial charge >= 0.3 is 0 Å². The van der Waals surface area contributed by atoms with Crippen LogP contribution in [0, 0.1) is 6.92 Å². The van der Waals surface area contributed by atoms with Crippen molar-refractivity contribution in [2.24, 2.45) is 0 Å². The summed E-state index contributed by atoms with van der Waals surface area (Å²) in [5.74, 6) is -0.939. The number of likely N-dealkylation sites (N-methyl/N-ethyl adjacent to an activating group) is 1. The summed E-state index contributed by atoms with van der Waals surface area (Å²) in [6.45, 7) is 2.79. The third-order valence-electron chi connectivity index (χ3n) is 4.90. The van der Waals surface area contributed by atoms with Crippen molar-refractivity contribution in [1.29, 1.82) is 0 Å². The average Bonchev–Trinajstić information content (AvgIpc) is 2.71. The van der Waals surface area contributed by atoms with E-state index in [-0.39, 0.29) is 12.5 Å². The van der Waals surface area contributed by atoms with Gasteiger partial charge in [-0.1, -0.05) is 47.5 Å². The van der Waals surface area contributed by atoms with Crippen LogP contribution in [0.15, 0.2) is 42.5 Å². The van der Waals surface area contributed by atoms with E-state index in [2.05, 4.69) is 5.32 Å². The second-order valence-electron chi connectivity index (χ2n) is 7.06. The van der Waals surface area contributed by atoms with Gasteiger partial charge in [0.05, 0.1) is 11.9 Å². The van der Waals surface area contributed by atoms with Crippen molar-refractivity contribution in [1.82, 2.24) is 10.2 Å². The highest BCUT2D eigenvalue weighted by Gasteiger charge is 2.30. The van der Waals surface area contributed by atoms with Crippen LogP contribution in [0.5, 0.6) is 0 Å². The van der Waals surface area contributed by atoms with Crippen molar-refractivity contribution >= 4 is 50.7 Å². The molecule has 0 radical (unpaired) electrons. The second kappa shape index (κ2) is 10.3. The number of hydrogen-bond donors (Lipinski definition) is 1. The molecule has 0 saturated carbocycles. The Morgan fingerprint density at radius 1 is 1.06 bits per heavy atom. The molecule has 0 bridgehead atoms. The van der Waals surface area contributed by atoms with Gasteiger partial charge in [-0.15, -0.1) is 0 Å². The van der Waals surface area contributed by atoms with E-state index in [1.54, 1.807) is 56.3 Å². The number of benzene rings is 2. The first-order valence-corrected chi connectivity index (χ1v) is 12.0. The zero-order chi connectivity index (χ0) is 23.3. The number of anilines is 1. The average molecular weight is 486 g/mol. The minimum absolute atomic E-state index is 0.0409. The predicted molar refractivity (Wildman–Crippen MR) is 124 cm³/mol. The van der Waals surface area contributed by atoms with E-state index >= 15 is 0 Å². The molecule has 0 aromatic heterocycles. The molecule has 7 nitrogen and oxygen atoms in total. The number of rotatable bonds is 8. The molecule has 2 aromatic rings. The van der Waals surface area contributed by atoms with Gasteiger partial charge in [0.15, 0.2) is 0 Å². The van der Waals surface area contributed by atoms with E-state index in [4.69, 9.17) is 23.2 Å². The van der Waals surface area contributed by atoms with Crippen LogP contribution in [0.25, 0.3) is 0 Å². The summed E-state index contributed by atoms with van der Waals surface area (Å²) >= 11 is 12.4. The normalized spacial score (nSPS) is 12.2. The number of halogens is 2. The maximum absolute atomic E-state index is 13.3. The van der Waals surface area contributed by atoms with Gasteiger partial charge in [-0.2, -0.15) is 0 Å². The summed E-state index contributed by atoms with van der Waals surface area (Å²) in [7, 11) is -2.35. The van der Waals surface area contributed by atoms with Gasteiger partial charge in [-0.05, 0) is 43.2 Å². The highest BCUT2D eigenvalue weighted by Crippen LogP contribution is 2.28. The molecule has 0 spiro atoms. The number of sulfonamides is 1. The molecule has 1 atom stereocenters. The van der Waals surface area contributed by atoms with Gasteiger partial charge in [0.25, 0.3) is 0 Å². The summed E-state index contributed by atoms with van der Waals surface area (Å²) in [5.41, 5.74) is 1.46. The molecule has 10 heteroatoms. The van der Waals surface area contributed by atoms with E-state index in [9.17, 15) is 18.0 Å². The summed E-state index contributed by atoms with van der Waals surface area (Å²) in [4.78, 5) is 26.9. The zero-order valence-electron chi connectivity index (χ0n) is 17.7. The molecule has 2 rings (SSSR count). The Morgan fingerprint density at radius 2 is 1.68 bits per heavy atom. The number of amides is 2. The fourth-order valence-electron chi connectivity index (χ4n) is 3.06. The molecule has 0 saturated heterocycles. The topological polar surface area (TPSA) is 86.8 Å². The van der Waals surface area contributed by atoms with Gasteiger partial charge in [-0.25, -0.2) is 8.42 Å². The molecular formula is C21H25Cl2N3O4S. The van der Waals surface area contributed by atoms with Gasteiger partial charge in [0.2, 0.25) is 21.8 Å². The molecule has 2 amide bonds. The fraction of sp³-hybridized carbons (Fsp3) is 0.333. The van der Waals surface area contributed by atoms with Crippen LogP contribution in [0.4, 0.5) is 5.69 Å². The Morgan fingerprint density at radius 3 is 2.26 bits per heavy atom. The van der Waals surface area contributed by atoms with Gasteiger partial charge < -0.3 is 10.2 Å². The van der Waals surface area contributed by atoms with Crippen molar-refractivity contribution in [2.75, 3.05) is 24.2 Å². The largest absolute Gasteiger partial charge is 0.357 e. The van der Waals surface area contributed by atoms with E-state index < -0.39 is 28.5 Å². The standard InChI is InChI=1S/C21H25Cl2N3O4S/c1-14-17(22)10-7-11-19(14)26(31(4,29)30)13-20(27)25(15(2)21(28)24-3)12-16-8-5-6-9-18(16)23/h5-11,15H,12-13H2,1-4H3,(H,24,28)/t15-/m1/s1. The summed E-state index contributed by atoms with van der Waals surface area (Å²) < 4.78 is 26.1. The Kier molecular flexibility index (Phi) is 8.34. The maximum atomic E-state index is 13.3. The third-order valence-corrected chi connectivity index (χ3v) is 6.80. The van der Waals surface area contributed by atoms with Crippen molar-refractivity contribution in [3.63, 3.8) is 0 Å². The van der Waals surface area contributed by atoms with Crippen molar-refractivity contribution in [3.05, 3.63) is 63.6 Å². The molecule has 0 unspecified atom stereocenters. The van der Waals surface area contributed by atoms with Crippen LogP contribution >= 0.6 is 23.2 Å². The van der Waals surface area contributed by atoms with Crippen molar-refractivity contribution in [2.45, 2.75) is 26.4 Å². The molecule has 31 heavy (non-hydrogen) atoms. The summed E-state index contributed by atoms with van der Waals surface area (Å²) in [6, 6.07) is 10.9. The quantitative estimate of drug-likeness (QED) is 0.621. The first-order valence-electron chi connectivity index (χ1n) is 9.44. The fourth-order valence-corrected chi connectivity index (χ4v) is 4.33. The molecule has 0 aliphatic rings. The molecule has 0 aliphatic heterocycles. The number of hydrogen-bond acceptors (Lipinski definition) is 4. The minimum Gasteiger partial charge on any atom is -0.357 e. The van der Waals surface area contributed by atoms with E-state index in [0.717, 1.165) is 10.6 Å². The number of nitrogens with one attached hydrogen (secondary N) is 1. The number of carbonyl (C=O) groups excluding carboxylic acids is 2. The Bertz CT molecular complexity index is 1080. The predicted octanol–water partition coefficient (Wildman–Crippen LogP) is 3.23. The third kappa shape index (κ3) is 6.12. The number of nitrogens with zero attached hydrogens (tertiary/aromatic N) is 2. The monoisotopic (exact) mass is 485 g/mol.